The van der Waals surface area contributed by atoms with E-state index in [-0.39, 0.29) is 25.0 Å². The number of piperidine rings is 1. The molecule has 1 fully saturated rings. The van der Waals surface area contributed by atoms with Crippen molar-refractivity contribution in [3.63, 3.8) is 0 Å². The third kappa shape index (κ3) is 5.25. The first-order valence-electron chi connectivity index (χ1n) is 7.80. The van der Waals surface area contributed by atoms with Crippen molar-refractivity contribution in [3.05, 3.63) is 35.9 Å². The molecule has 1 heterocycles. The first-order valence-corrected chi connectivity index (χ1v) is 7.80. The highest BCUT2D eigenvalue weighted by Crippen LogP contribution is 2.22. The van der Waals surface area contributed by atoms with E-state index in [0.717, 1.165) is 18.4 Å². The number of carbonyl (C=O) groups excluding carboxylic acids is 2. The zero-order valence-electron chi connectivity index (χ0n) is 13.3. The molecule has 0 aromatic heterocycles. The normalized spacial score (nSPS) is 19.0. The Bertz CT molecular complexity index is 519. The summed E-state index contributed by atoms with van der Waals surface area (Å²) in [6.07, 6.45) is 0.328. The van der Waals surface area contributed by atoms with Gasteiger partial charge in [-0.05, 0) is 18.4 Å². The van der Waals surface area contributed by atoms with E-state index in [2.05, 4.69) is 4.74 Å². The van der Waals surface area contributed by atoms with Crippen molar-refractivity contribution in [1.29, 1.82) is 0 Å². The predicted molar refractivity (Wildman–Crippen MR) is 83.6 cm³/mol. The second-order valence-corrected chi connectivity index (χ2v) is 5.74. The Labute approximate surface area is 136 Å². The van der Waals surface area contributed by atoms with Gasteiger partial charge in [-0.3, -0.25) is 4.79 Å². The number of likely N-dealkylation sites (tertiary alicyclic amines) is 1. The number of esters is 1. The molecule has 2 rings (SSSR count). The third-order valence-corrected chi connectivity index (χ3v) is 4.07. The van der Waals surface area contributed by atoms with Crippen LogP contribution in [0.25, 0.3) is 0 Å². The van der Waals surface area contributed by atoms with E-state index in [4.69, 9.17) is 4.74 Å². The van der Waals surface area contributed by atoms with E-state index < -0.39 is 12.1 Å². The lowest BCUT2D eigenvalue weighted by molar-refractivity contribution is -0.143. The van der Waals surface area contributed by atoms with Crippen LogP contribution in [-0.2, 0) is 20.9 Å². The largest absolute Gasteiger partial charge is 0.469 e. The van der Waals surface area contributed by atoms with Crippen LogP contribution < -0.4 is 0 Å². The van der Waals surface area contributed by atoms with Crippen molar-refractivity contribution in [2.24, 2.45) is 5.92 Å². The highest BCUT2D eigenvalue weighted by atomic mass is 16.6. The average molecular weight is 321 g/mol. The Morgan fingerprint density at radius 2 is 2.09 bits per heavy atom. The molecule has 0 spiro atoms. The van der Waals surface area contributed by atoms with Crippen LogP contribution >= 0.6 is 0 Å². The molecule has 6 nitrogen and oxygen atoms in total. The van der Waals surface area contributed by atoms with Gasteiger partial charge in [-0.15, -0.1) is 0 Å². The molecule has 126 valence electrons. The molecular weight excluding hydrogens is 298 g/mol. The molecule has 1 aromatic carbocycles. The molecule has 1 aromatic rings. The number of aliphatic hydroxyl groups excluding tert-OH is 1. The lowest BCUT2D eigenvalue weighted by Crippen LogP contribution is -2.44. The summed E-state index contributed by atoms with van der Waals surface area (Å²) in [6.45, 7) is 1.23. The van der Waals surface area contributed by atoms with E-state index in [1.807, 2.05) is 30.3 Å². The van der Waals surface area contributed by atoms with Crippen LogP contribution in [0.1, 0.15) is 24.8 Å². The number of hydrogen-bond donors (Lipinski definition) is 1. The van der Waals surface area contributed by atoms with Gasteiger partial charge in [0.15, 0.2) is 0 Å². The zero-order valence-corrected chi connectivity index (χ0v) is 13.3. The first kappa shape index (κ1) is 17.3. The molecule has 0 bridgehead atoms. The second-order valence-electron chi connectivity index (χ2n) is 5.74. The van der Waals surface area contributed by atoms with Crippen molar-refractivity contribution in [2.75, 3.05) is 20.2 Å². The number of methoxy groups -OCH3 is 1. The van der Waals surface area contributed by atoms with E-state index >= 15 is 0 Å². The smallest absolute Gasteiger partial charge is 0.410 e. The molecule has 6 heteroatoms. The van der Waals surface area contributed by atoms with Crippen LogP contribution in [0.2, 0.25) is 0 Å². The predicted octanol–water partition coefficient (Wildman–Crippen LogP) is 1.96. The Hall–Kier alpha value is -2.08. The summed E-state index contributed by atoms with van der Waals surface area (Å²) < 4.78 is 9.88. The van der Waals surface area contributed by atoms with Crippen molar-refractivity contribution in [1.82, 2.24) is 4.90 Å². The first-order chi connectivity index (χ1) is 11.1. The van der Waals surface area contributed by atoms with E-state index in [9.17, 15) is 14.7 Å². The van der Waals surface area contributed by atoms with Gasteiger partial charge in [0.1, 0.15) is 6.61 Å². The Morgan fingerprint density at radius 1 is 1.35 bits per heavy atom. The number of amides is 1. The summed E-state index contributed by atoms with van der Waals surface area (Å²) in [5, 5.41) is 10.1. The van der Waals surface area contributed by atoms with Gasteiger partial charge in [-0.1, -0.05) is 30.3 Å². The van der Waals surface area contributed by atoms with E-state index in [1.54, 1.807) is 4.90 Å². The maximum atomic E-state index is 12.1. The quantitative estimate of drug-likeness (QED) is 0.839. The van der Waals surface area contributed by atoms with Crippen molar-refractivity contribution in [2.45, 2.75) is 32.0 Å². The Kier molecular flexibility index (Phi) is 6.40. The lowest BCUT2D eigenvalue weighted by Gasteiger charge is -2.34. The molecule has 23 heavy (non-hydrogen) atoms. The minimum atomic E-state index is -0.799. The molecule has 1 saturated heterocycles. The van der Waals surface area contributed by atoms with Gasteiger partial charge in [0.05, 0.1) is 19.6 Å². The summed E-state index contributed by atoms with van der Waals surface area (Å²) in [7, 11) is 1.29. The molecular formula is C17H23NO5. The zero-order chi connectivity index (χ0) is 16.7. The van der Waals surface area contributed by atoms with Crippen LogP contribution in [-0.4, -0.2) is 48.4 Å². The van der Waals surface area contributed by atoms with Gasteiger partial charge < -0.3 is 19.5 Å². The minimum Gasteiger partial charge on any atom is -0.469 e. The molecule has 1 N–H and O–H groups in total. The summed E-state index contributed by atoms with van der Waals surface area (Å²) in [6, 6.07) is 9.48. The highest BCUT2D eigenvalue weighted by Gasteiger charge is 2.30. The maximum Gasteiger partial charge on any atom is 0.410 e. The number of nitrogens with zero attached hydrogens (tertiary/aromatic N) is 1. The van der Waals surface area contributed by atoms with Crippen molar-refractivity contribution in [3.8, 4) is 0 Å². The fourth-order valence-electron chi connectivity index (χ4n) is 2.72. The maximum absolute atomic E-state index is 12.1. The van der Waals surface area contributed by atoms with Gasteiger partial charge in [0, 0.05) is 19.0 Å². The van der Waals surface area contributed by atoms with Gasteiger partial charge >= 0.3 is 12.1 Å². The number of hydrogen-bond acceptors (Lipinski definition) is 5. The number of aliphatic hydroxyl groups is 1. The minimum absolute atomic E-state index is 0.0475. The van der Waals surface area contributed by atoms with Crippen LogP contribution in [0.4, 0.5) is 4.79 Å². The summed E-state index contributed by atoms with van der Waals surface area (Å²) >= 11 is 0. The molecule has 1 amide bonds. The van der Waals surface area contributed by atoms with Crippen LogP contribution in [0.15, 0.2) is 30.3 Å². The number of ether oxygens (including phenoxy) is 2. The number of rotatable bonds is 5. The number of benzene rings is 1. The lowest BCUT2D eigenvalue weighted by atomic mass is 9.91. The molecule has 0 unspecified atom stereocenters. The van der Waals surface area contributed by atoms with Gasteiger partial charge in [0.2, 0.25) is 0 Å². The van der Waals surface area contributed by atoms with Crippen LogP contribution in [0.3, 0.4) is 0 Å². The molecule has 1 aliphatic heterocycles. The van der Waals surface area contributed by atoms with Crippen LogP contribution in [0, 0.1) is 5.92 Å². The summed E-state index contributed by atoms with van der Waals surface area (Å²) in [4.78, 5) is 25.0. The topological polar surface area (TPSA) is 76.1 Å². The fourth-order valence-corrected chi connectivity index (χ4v) is 2.72. The Morgan fingerprint density at radius 3 is 2.78 bits per heavy atom. The Balaban J connectivity index is 1.82. The standard InChI is InChI=1S/C17H23NO5/c1-22-16(20)10-15(19)14-8-5-9-18(11-14)17(21)23-12-13-6-3-2-4-7-13/h2-4,6-7,14-15,19H,5,8-12H2,1H3/t14-,15-/m0/s1. The molecule has 0 saturated carbocycles. The summed E-state index contributed by atoms with van der Waals surface area (Å²) in [5.74, 6) is -0.576. The number of carbonyl (C=O) groups is 2. The SMILES string of the molecule is COC(=O)C[C@H](O)[C@H]1CCCN(C(=O)OCc2ccccc2)C1. The summed E-state index contributed by atoms with van der Waals surface area (Å²) in [5.41, 5.74) is 0.931. The van der Waals surface area contributed by atoms with Crippen molar-refractivity contribution < 1.29 is 24.2 Å². The second kappa shape index (κ2) is 8.53. The molecule has 0 radical (unpaired) electrons. The monoisotopic (exact) mass is 321 g/mol. The average Bonchev–Trinajstić information content (AvgIpc) is 2.60. The molecule has 0 aliphatic carbocycles. The third-order valence-electron chi connectivity index (χ3n) is 4.07. The van der Waals surface area contributed by atoms with E-state index in [1.165, 1.54) is 7.11 Å². The van der Waals surface area contributed by atoms with Crippen LogP contribution in [0.5, 0.6) is 0 Å². The van der Waals surface area contributed by atoms with Gasteiger partial charge in [-0.2, -0.15) is 0 Å². The van der Waals surface area contributed by atoms with E-state index in [0.29, 0.717) is 13.1 Å². The van der Waals surface area contributed by atoms with Gasteiger partial charge in [0.25, 0.3) is 0 Å². The fraction of sp³-hybridized carbons (Fsp3) is 0.529. The van der Waals surface area contributed by atoms with Crippen molar-refractivity contribution >= 4 is 12.1 Å². The van der Waals surface area contributed by atoms with Gasteiger partial charge in [-0.25, -0.2) is 4.79 Å². The molecule has 2 atom stereocenters. The highest BCUT2D eigenvalue weighted by molar-refractivity contribution is 5.70. The molecule has 1 aliphatic rings.